The normalized spacial score (nSPS) is 14.8. The predicted octanol–water partition coefficient (Wildman–Crippen LogP) is 9.00. The molecule has 0 aliphatic rings. The molecular weight excluding hydrogens is 683 g/mol. The highest BCUT2D eigenvalue weighted by atomic mass is 31.2. The van der Waals surface area contributed by atoms with Crippen LogP contribution in [0.15, 0.2) is 97.2 Å². The van der Waals surface area contributed by atoms with Crippen LogP contribution in [-0.2, 0) is 28.2 Å². The number of carbonyl (C=O) groups is 2. The molecule has 0 amide bonds. The van der Waals surface area contributed by atoms with Gasteiger partial charge in [-0.05, 0) is 70.6 Å². The van der Waals surface area contributed by atoms with Gasteiger partial charge in [0, 0.05) is 12.8 Å². The zero-order valence-electron chi connectivity index (χ0n) is 31.4. The van der Waals surface area contributed by atoms with Crippen molar-refractivity contribution in [1.82, 2.24) is 0 Å². The first-order valence-corrected chi connectivity index (χ1v) is 20.3. The molecule has 52 heavy (non-hydrogen) atoms. The van der Waals surface area contributed by atoms with Crippen LogP contribution in [0, 0.1) is 0 Å². The van der Waals surface area contributed by atoms with E-state index in [1.54, 1.807) is 18.2 Å². The number of esters is 2. The third-order valence-electron chi connectivity index (χ3n) is 7.29. The molecule has 0 saturated carbocycles. The van der Waals surface area contributed by atoms with E-state index >= 15 is 0 Å². The fourth-order valence-electron chi connectivity index (χ4n) is 4.46. The van der Waals surface area contributed by atoms with E-state index in [-0.39, 0.29) is 12.8 Å². The molecule has 10 nitrogen and oxygen atoms in total. The van der Waals surface area contributed by atoms with Gasteiger partial charge in [-0.15, -0.1) is 0 Å². The number of phosphoric ester groups is 1. The highest BCUT2D eigenvalue weighted by molar-refractivity contribution is 7.46. The third kappa shape index (κ3) is 36.7. The minimum absolute atomic E-state index is 0.0516. The zero-order valence-corrected chi connectivity index (χ0v) is 32.3. The zero-order chi connectivity index (χ0) is 38.5. The summed E-state index contributed by atoms with van der Waals surface area (Å²) in [6, 6.07) is 0. The van der Waals surface area contributed by atoms with E-state index in [4.69, 9.17) is 19.3 Å². The molecule has 11 heteroatoms. The van der Waals surface area contributed by atoms with Gasteiger partial charge in [-0.2, -0.15) is 0 Å². The van der Waals surface area contributed by atoms with Gasteiger partial charge in [0.05, 0.1) is 18.8 Å². The molecule has 0 aromatic rings. The number of hydrogen-bond donors (Lipinski definition) is 4. The summed E-state index contributed by atoms with van der Waals surface area (Å²) in [5.41, 5.74) is 0. The number of hydrogen-bond acceptors (Lipinski definition) is 8. The Labute approximate surface area is 312 Å². The number of phosphoric acid groups is 1. The van der Waals surface area contributed by atoms with Crippen molar-refractivity contribution in [3.05, 3.63) is 97.2 Å². The van der Waals surface area contributed by atoms with Gasteiger partial charge < -0.3 is 29.5 Å². The number of carbonyl (C=O) groups excluding carboxylic acids is 2. The molecule has 0 saturated heterocycles. The van der Waals surface area contributed by atoms with Crippen LogP contribution < -0.4 is 0 Å². The fourth-order valence-corrected chi connectivity index (χ4v) is 4.82. The van der Waals surface area contributed by atoms with Crippen molar-refractivity contribution in [1.29, 1.82) is 0 Å². The van der Waals surface area contributed by atoms with Crippen molar-refractivity contribution in [2.75, 3.05) is 13.2 Å². The Balaban J connectivity index is 4.33. The monoisotopic (exact) mass is 748 g/mol. The van der Waals surface area contributed by atoms with Gasteiger partial charge >= 0.3 is 19.8 Å². The number of aliphatic hydroxyl groups excluding tert-OH is 2. The summed E-state index contributed by atoms with van der Waals surface area (Å²) in [6.07, 6.45) is 40.6. The minimum Gasteiger partial charge on any atom is -0.462 e. The van der Waals surface area contributed by atoms with Crippen LogP contribution in [0.5, 0.6) is 0 Å². The first kappa shape index (κ1) is 48.9. The Hall–Kier alpha value is -3.11. The molecule has 0 aromatic heterocycles. The van der Waals surface area contributed by atoms with Gasteiger partial charge in [0.15, 0.2) is 6.10 Å². The number of aliphatic hydroxyl groups is 2. The maximum atomic E-state index is 12.4. The number of allylic oxidation sites excluding steroid dienone is 14. The second-order valence-corrected chi connectivity index (χ2v) is 13.5. The Morgan fingerprint density at radius 2 is 1.15 bits per heavy atom. The molecule has 0 aromatic carbocycles. The average molecular weight is 749 g/mol. The van der Waals surface area contributed by atoms with Crippen molar-refractivity contribution < 1.29 is 48.2 Å². The lowest BCUT2D eigenvalue weighted by Gasteiger charge is -2.18. The second kappa shape index (κ2) is 34.9. The van der Waals surface area contributed by atoms with Crippen molar-refractivity contribution in [2.24, 2.45) is 0 Å². The third-order valence-corrected chi connectivity index (χ3v) is 7.78. The minimum atomic E-state index is -4.83. The van der Waals surface area contributed by atoms with Crippen LogP contribution in [0.4, 0.5) is 0 Å². The topological polar surface area (TPSA) is 160 Å². The lowest BCUT2D eigenvalue weighted by Crippen LogP contribution is -2.29. The van der Waals surface area contributed by atoms with Crippen LogP contribution in [0.1, 0.15) is 117 Å². The van der Waals surface area contributed by atoms with Crippen LogP contribution in [0.25, 0.3) is 0 Å². The van der Waals surface area contributed by atoms with Gasteiger partial charge in [-0.3, -0.25) is 14.1 Å². The van der Waals surface area contributed by atoms with Gasteiger partial charge in [-0.1, -0.05) is 130 Å². The molecule has 0 radical (unpaired) electrons. The lowest BCUT2D eigenvalue weighted by molar-refractivity contribution is -0.161. The molecule has 3 atom stereocenters. The van der Waals surface area contributed by atoms with Gasteiger partial charge in [0.2, 0.25) is 0 Å². The van der Waals surface area contributed by atoms with E-state index < -0.39 is 51.3 Å². The van der Waals surface area contributed by atoms with Crippen LogP contribution in [0.3, 0.4) is 0 Å². The molecule has 4 N–H and O–H groups in total. The average Bonchev–Trinajstić information content (AvgIpc) is 3.10. The molecule has 0 unspecified atom stereocenters. The molecule has 0 bridgehead atoms. The highest BCUT2D eigenvalue weighted by Gasteiger charge is 2.23. The summed E-state index contributed by atoms with van der Waals surface area (Å²) >= 11 is 0. The molecule has 0 aliphatic heterocycles. The lowest BCUT2D eigenvalue weighted by atomic mass is 10.1. The first-order valence-electron chi connectivity index (χ1n) is 18.7. The molecule has 0 rings (SSSR count). The maximum Gasteiger partial charge on any atom is 0.469 e. The fraction of sp³-hybridized carbons (Fsp3) is 0.561. The largest absolute Gasteiger partial charge is 0.469 e. The Morgan fingerprint density at radius 3 is 1.73 bits per heavy atom. The van der Waals surface area contributed by atoms with Crippen LogP contribution in [-0.4, -0.2) is 63.5 Å². The van der Waals surface area contributed by atoms with E-state index in [0.29, 0.717) is 25.7 Å². The van der Waals surface area contributed by atoms with E-state index in [2.05, 4.69) is 67.0 Å². The summed E-state index contributed by atoms with van der Waals surface area (Å²) in [5, 5.41) is 20.0. The molecule has 0 heterocycles. The van der Waals surface area contributed by atoms with E-state index in [9.17, 15) is 24.4 Å². The Bertz CT molecular complexity index is 1190. The Kier molecular flexibility index (Phi) is 32.9. The summed E-state index contributed by atoms with van der Waals surface area (Å²) in [6.45, 7) is 3.21. The van der Waals surface area contributed by atoms with Crippen molar-refractivity contribution in [3.8, 4) is 0 Å². The quantitative estimate of drug-likeness (QED) is 0.0172. The predicted molar refractivity (Wildman–Crippen MR) is 209 cm³/mol. The molecule has 294 valence electrons. The van der Waals surface area contributed by atoms with E-state index in [1.165, 1.54) is 0 Å². The summed E-state index contributed by atoms with van der Waals surface area (Å²) in [4.78, 5) is 42.7. The van der Waals surface area contributed by atoms with Crippen molar-refractivity contribution in [2.45, 2.75) is 135 Å². The number of unbranched alkanes of at least 4 members (excludes halogenated alkanes) is 4. The second-order valence-electron chi connectivity index (χ2n) is 12.2. The number of rotatable bonds is 32. The molecule has 0 spiro atoms. The first-order chi connectivity index (χ1) is 25.1. The molecule has 0 aliphatic carbocycles. The highest BCUT2D eigenvalue weighted by Crippen LogP contribution is 2.35. The Morgan fingerprint density at radius 1 is 0.615 bits per heavy atom. The summed E-state index contributed by atoms with van der Waals surface area (Å²) < 4.78 is 26.1. The van der Waals surface area contributed by atoms with Crippen molar-refractivity contribution >= 4 is 19.8 Å². The SMILES string of the molecule is CC/C=C\C/C=C\C/C=C\C/C=C\CCCCC(=O)OC[C@H](COP(=O)(O)O)OC(=O)CCC[C@H](O)/C=C/C=C\C/C=C\C=C\[C@H](O)CCCCC. The number of ether oxygens (including phenoxy) is 2. The summed E-state index contributed by atoms with van der Waals surface area (Å²) in [5.74, 6) is -1.18. The maximum absolute atomic E-state index is 12.4. The summed E-state index contributed by atoms with van der Waals surface area (Å²) in [7, 11) is -4.83. The standard InChI is InChI=1S/C41H65O10P/c1-3-5-7-8-9-10-11-12-13-14-15-16-20-23-27-33-40(44)49-35-39(36-50-52(46,47)48)51-41(45)34-28-32-38(43)31-26-22-19-17-18-21-25-30-37(42)29-24-6-4-2/h5,7,9-10,12-13,15-16,18-19,21-22,25-26,30-31,37-39,42-43H,3-4,6,8,11,14,17,20,23-24,27-29,32-36H2,1-2H3,(H2,46,47,48)/b7-5-,10-9-,13-12-,16-15-,21-18-,22-19-,30-25+,31-26+/t37-,38-,39-/m1/s1. The van der Waals surface area contributed by atoms with Crippen LogP contribution in [0.2, 0.25) is 0 Å². The smallest absolute Gasteiger partial charge is 0.462 e. The van der Waals surface area contributed by atoms with Crippen LogP contribution >= 0.6 is 7.82 Å². The van der Waals surface area contributed by atoms with E-state index in [1.807, 2.05) is 30.4 Å². The molecular formula is C41H65O10P. The van der Waals surface area contributed by atoms with Gasteiger partial charge in [-0.25, -0.2) is 4.57 Å². The molecule has 0 fully saturated rings. The van der Waals surface area contributed by atoms with Crippen molar-refractivity contribution in [3.63, 3.8) is 0 Å². The van der Waals surface area contributed by atoms with Gasteiger partial charge in [0.1, 0.15) is 6.61 Å². The van der Waals surface area contributed by atoms with E-state index in [0.717, 1.165) is 64.2 Å². The van der Waals surface area contributed by atoms with Gasteiger partial charge in [0.25, 0.3) is 0 Å².